The molecule has 5 nitrogen and oxygen atoms in total. The maximum atomic E-state index is 6.18. The van der Waals surface area contributed by atoms with Crippen molar-refractivity contribution in [3.63, 3.8) is 0 Å². The maximum absolute atomic E-state index is 6.18. The molecule has 0 unspecified atom stereocenters. The van der Waals surface area contributed by atoms with Crippen molar-refractivity contribution >= 4 is 17.3 Å². The summed E-state index contributed by atoms with van der Waals surface area (Å²) in [6.45, 7) is 6.62. The van der Waals surface area contributed by atoms with E-state index in [1.54, 1.807) is 18.2 Å². The predicted octanol–water partition coefficient (Wildman–Crippen LogP) is 4.02. The Labute approximate surface area is 129 Å². The Balaban J connectivity index is 2.46. The summed E-state index contributed by atoms with van der Waals surface area (Å²) in [5, 5.41) is 4.57. The second-order valence-corrected chi connectivity index (χ2v) is 5.17. The van der Waals surface area contributed by atoms with Crippen molar-refractivity contribution in [1.29, 1.82) is 0 Å². The Morgan fingerprint density at radius 3 is 2.57 bits per heavy atom. The fraction of sp³-hybridized carbons (Fsp3) is 0.467. The zero-order valence-electron chi connectivity index (χ0n) is 12.5. The van der Waals surface area contributed by atoms with E-state index in [0.717, 1.165) is 12.8 Å². The number of anilines is 1. The molecule has 2 N–H and O–H groups in total. The summed E-state index contributed by atoms with van der Waals surface area (Å²) in [6.07, 6.45) is 1.52. The average Bonchev–Trinajstić information content (AvgIpc) is 2.95. The fourth-order valence-electron chi connectivity index (χ4n) is 2.39. The Hall–Kier alpha value is -1.59. The summed E-state index contributed by atoms with van der Waals surface area (Å²) < 4.78 is 11.2. The zero-order valence-corrected chi connectivity index (χ0v) is 13.3. The van der Waals surface area contributed by atoms with Gasteiger partial charge in [-0.2, -0.15) is 4.98 Å². The van der Waals surface area contributed by atoms with Gasteiger partial charge >= 0.3 is 0 Å². The molecule has 114 valence electrons. The molecule has 1 heterocycles. The van der Waals surface area contributed by atoms with Crippen molar-refractivity contribution in [2.24, 2.45) is 0 Å². The molecule has 1 aromatic carbocycles. The van der Waals surface area contributed by atoms with E-state index in [4.69, 9.17) is 26.6 Å². The van der Waals surface area contributed by atoms with Gasteiger partial charge in [0.2, 0.25) is 5.82 Å². The van der Waals surface area contributed by atoms with Crippen LogP contribution in [0.1, 0.15) is 39.4 Å². The minimum absolute atomic E-state index is 0.319. The van der Waals surface area contributed by atoms with E-state index in [1.807, 2.05) is 20.8 Å². The van der Waals surface area contributed by atoms with Crippen molar-refractivity contribution < 1.29 is 9.26 Å². The van der Waals surface area contributed by atoms with Crippen LogP contribution in [0.4, 0.5) is 5.69 Å². The topological polar surface area (TPSA) is 74.2 Å². The standard InChI is InChI=1S/C15H20ClN3O2/c1-4-15(5-2,20-6-3)14-18-13(21-19-14)12-10(16)8-7-9-11(12)17/h7-9H,4-6,17H2,1-3H3. The first-order valence-corrected chi connectivity index (χ1v) is 7.48. The minimum atomic E-state index is -0.535. The van der Waals surface area contributed by atoms with Crippen molar-refractivity contribution in [3.8, 4) is 11.5 Å². The number of rotatable bonds is 6. The molecule has 0 atom stereocenters. The number of hydrogen-bond acceptors (Lipinski definition) is 5. The molecule has 2 rings (SSSR count). The third-order valence-corrected chi connectivity index (χ3v) is 3.97. The highest BCUT2D eigenvalue weighted by Gasteiger charge is 2.35. The van der Waals surface area contributed by atoms with Gasteiger partial charge in [-0.1, -0.05) is 36.7 Å². The first kappa shape index (κ1) is 15.8. The number of ether oxygens (including phenoxy) is 1. The Kier molecular flexibility index (Phi) is 4.85. The van der Waals surface area contributed by atoms with E-state index in [1.165, 1.54) is 0 Å². The molecule has 0 aliphatic rings. The average molecular weight is 310 g/mol. The van der Waals surface area contributed by atoms with Gasteiger partial charge in [-0.3, -0.25) is 0 Å². The third-order valence-electron chi connectivity index (χ3n) is 3.66. The number of halogens is 1. The maximum Gasteiger partial charge on any atom is 0.261 e. The van der Waals surface area contributed by atoms with E-state index in [0.29, 0.717) is 34.6 Å². The number of aromatic nitrogens is 2. The first-order valence-electron chi connectivity index (χ1n) is 7.10. The van der Waals surface area contributed by atoms with Crippen molar-refractivity contribution in [2.45, 2.75) is 39.2 Å². The van der Waals surface area contributed by atoms with Gasteiger partial charge < -0.3 is 15.0 Å². The number of benzene rings is 1. The Morgan fingerprint density at radius 2 is 2.00 bits per heavy atom. The Bertz CT molecular complexity index is 588. The molecule has 6 heteroatoms. The number of nitrogens with zero attached hydrogens (tertiary/aromatic N) is 2. The molecule has 0 saturated carbocycles. The summed E-state index contributed by atoms with van der Waals surface area (Å²) in [5.74, 6) is 0.850. The van der Waals surface area contributed by atoms with Crippen molar-refractivity contribution in [2.75, 3.05) is 12.3 Å². The highest BCUT2D eigenvalue weighted by atomic mass is 35.5. The first-order chi connectivity index (χ1) is 10.1. The lowest BCUT2D eigenvalue weighted by Crippen LogP contribution is -2.29. The fourth-order valence-corrected chi connectivity index (χ4v) is 2.65. The van der Waals surface area contributed by atoms with Crippen LogP contribution in [0.2, 0.25) is 5.02 Å². The molecule has 0 fully saturated rings. The largest absolute Gasteiger partial charge is 0.398 e. The summed E-state index contributed by atoms with van der Waals surface area (Å²) in [6, 6.07) is 5.27. The van der Waals surface area contributed by atoms with Crippen LogP contribution in [0.15, 0.2) is 22.7 Å². The molecule has 0 spiro atoms. The van der Waals surface area contributed by atoms with Crippen LogP contribution < -0.4 is 5.73 Å². The molecular formula is C15H20ClN3O2. The summed E-state index contributed by atoms with van der Waals surface area (Å²) in [5.41, 5.74) is 6.49. The molecule has 1 aromatic heterocycles. The van der Waals surface area contributed by atoms with Crippen molar-refractivity contribution in [3.05, 3.63) is 29.0 Å². The van der Waals surface area contributed by atoms with Gasteiger partial charge in [-0.25, -0.2) is 0 Å². The quantitative estimate of drug-likeness (QED) is 0.816. The van der Waals surface area contributed by atoms with E-state index < -0.39 is 5.60 Å². The minimum Gasteiger partial charge on any atom is -0.398 e. The van der Waals surface area contributed by atoms with Crippen LogP contribution in [0.3, 0.4) is 0 Å². The summed E-state index contributed by atoms with van der Waals surface area (Å²) in [7, 11) is 0. The normalized spacial score (nSPS) is 11.8. The lowest BCUT2D eigenvalue weighted by molar-refractivity contribution is -0.0583. The molecule has 0 aliphatic heterocycles. The second kappa shape index (κ2) is 6.45. The van der Waals surface area contributed by atoms with Gasteiger partial charge in [-0.15, -0.1) is 0 Å². The number of nitrogen functional groups attached to an aromatic ring is 1. The lowest BCUT2D eigenvalue weighted by Gasteiger charge is -2.27. The third kappa shape index (κ3) is 2.89. The van der Waals surface area contributed by atoms with E-state index in [9.17, 15) is 0 Å². The molecule has 21 heavy (non-hydrogen) atoms. The molecule has 0 bridgehead atoms. The lowest BCUT2D eigenvalue weighted by atomic mass is 9.96. The smallest absolute Gasteiger partial charge is 0.261 e. The second-order valence-electron chi connectivity index (χ2n) is 4.76. The van der Waals surface area contributed by atoms with E-state index in [2.05, 4.69) is 10.1 Å². The van der Waals surface area contributed by atoms with Gasteiger partial charge in [0.15, 0.2) is 0 Å². The molecule has 0 aliphatic carbocycles. The van der Waals surface area contributed by atoms with Crippen LogP contribution in [-0.2, 0) is 10.3 Å². The van der Waals surface area contributed by atoms with Gasteiger partial charge in [0.25, 0.3) is 5.89 Å². The highest BCUT2D eigenvalue weighted by molar-refractivity contribution is 6.33. The van der Waals surface area contributed by atoms with Crippen molar-refractivity contribution in [1.82, 2.24) is 10.1 Å². The van der Waals surface area contributed by atoms with Gasteiger partial charge in [0, 0.05) is 12.3 Å². The molecular weight excluding hydrogens is 290 g/mol. The van der Waals surface area contributed by atoms with Crippen LogP contribution in [0, 0.1) is 0 Å². The van der Waals surface area contributed by atoms with E-state index >= 15 is 0 Å². The monoisotopic (exact) mass is 309 g/mol. The number of nitrogens with two attached hydrogens (primary N) is 1. The predicted molar refractivity (Wildman–Crippen MR) is 83.0 cm³/mol. The van der Waals surface area contributed by atoms with Gasteiger partial charge in [0.05, 0.1) is 10.6 Å². The summed E-state index contributed by atoms with van der Waals surface area (Å²) >= 11 is 6.18. The van der Waals surface area contributed by atoms with Gasteiger partial charge in [0.1, 0.15) is 5.60 Å². The van der Waals surface area contributed by atoms with Crippen LogP contribution in [0.5, 0.6) is 0 Å². The summed E-state index contributed by atoms with van der Waals surface area (Å²) in [4.78, 5) is 4.47. The molecule has 0 amide bonds. The van der Waals surface area contributed by atoms with Crippen LogP contribution in [-0.4, -0.2) is 16.7 Å². The highest BCUT2D eigenvalue weighted by Crippen LogP contribution is 2.36. The number of hydrogen-bond donors (Lipinski definition) is 1. The molecule has 0 radical (unpaired) electrons. The molecule has 2 aromatic rings. The SMILES string of the molecule is CCOC(CC)(CC)c1noc(-c2c(N)cccc2Cl)n1. The Morgan fingerprint density at radius 1 is 1.29 bits per heavy atom. The zero-order chi connectivity index (χ0) is 15.5. The van der Waals surface area contributed by atoms with Gasteiger partial charge in [-0.05, 0) is 31.9 Å². The molecule has 0 saturated heterocycles. The van der Waals surface area contributed by atoms with Crippen LogP contribution in [0.25, 0.3) is 11.5 Å². The van der Waals surface area contributed by atoms with Crippen LogP contribution >= 0.6 is 11.6 Å². The van der Waals surface area contributed by atoms with E-state index in [-0.39, 0.29) is 0 Å².